The van der Waals surface area contributed by atoms with Gasteiger partial charge in [0.25, 0.3) is 0 Å². The van der Waals surface area contributed by atoms with Gasteiger partial charge in [0, 0.05) is 33.6 Å². The molecule has 9 heteroatoms. The van der Waals surface area contributed by atoms with E-state index in [1.54, 1.807) is 30.3 Å². The third-order valence-corrected chi connectivity index (χ3v) is 6.19. The van der Waals surface area contributed by atoms with Crippen LogP contribution in [-0.4, -0.2) is 33.3 Å². The zero-order chi connectivity index (χ0) is 23.2. The minimum Gasteiger partial charge on any atom is -0.338 e. The number of anilines is 2. The molecule has 0 atom stereocenters. The van der Waals surface area contributed by atoms with E-state index < -0.39 is 0 Å². The molecule has 6 nitrogen and oxygen atoms in total. The summed E-state index contributed by atoms with van der Waals surface area (Å²) < 4.78 is 14.4. The van der Waals surface area contributed by atoms with Gasteiger partial charge in [0.2, 0.25) is 11.8 Å². The Morgan fingerprint density at radius 3 is 2.52 bits per heavy atom. The molecule has 3 aromatic carbocycles. The van der Waals surface area contributed by atoms with Gasteiger partial charge in [-0.25, -0.2) is 9.37 Å². The lowest BCUT2D eigenvalue weighted by atomic mass is 10.2. The molecule has 3 N–H and O–H groups in total. The van der Waals surface area contributed by atoms with Crippen LogP contribution in [0.25, 0.3) is 22.4 Å². The number of nitrogens with one attached hydrogen (secondary N) is 3. The van der Waals surface area contributed by atoms with Gasteiger partial charge in [-0.3, -0.25) is 9.59 Å². The molecule has 1 aromatic heterocycles. The SMILES string of the molecule is O=C(CCSCC(=O)Nc1ccc(Br)cc1)Nc1ccc2nc(-c3cccc(F)c3)[nH]c2c1. The maximum Gasteiger partial charge on any atom is 0.234 e. The number of aromatic amines is 1. The standard InChI is InChI=1S/C24H20BrFN4O2S/c25-16-4-6-18(7-5-16)27-23(32)14-33-11-10-22(31)28-19-8-9-20-21(13-19)30-24(29-20)15-2-1-3-17(26)12-15/h1-9,12-13H,10-11,14H2,(H,27,32)(H,28,31)(H,29,30). The van der Waals surface area contributed by atoms with Crippen molar-refractivity contribution in [2.24, 2.45) is 0 Å². The van der Waals surface area contributed by atoms with Gasteiger partial charge in [0.15, 0.2) is 0 Å². The third-order valence-electron chi connectivity index (χ3n) is 4.70. The van der Waals surface area contributed by atoms with Crippen molar-refractivity contribution < 1.29 is 14.0 Å². The Balaban J connectivity index is 1.25. The van der Waals surface area contributed by atoms with Gasteiger partial charge in [0.1, 0.15) is 11.6 Å². The largest absolute Gasteiger partial charge is 0.338 e. The molecule has 0 fully saturated rings. The highest BCUT2D eigenvalue weighted by Gasteiger charge is 2.09. The van der Waals surface area contributed by atoms with Gasteiger partial charge in [-0.05, 0) is 54.6 Å². The first kappa shape index (κ1) is 23.0. The van der Waals surface area contributed by atoms with Crippen molar-refractivity contribution in [3.05, 3.63) is 77.0 Å². The maximum atomic E-state index is 13.5. The molecular formula is C24H20BrFN4O2S. The van der Waals surface area contributed by atoms with Gasteiger partial charge < -0.3 is 15.6 Å². The fourth-order valence-corrected chi connectivity index (χ4v) is 4.14. The van der Waals surface area contributed by atoms with E-state index in [1.807, 2.05) is 24.3 Å². The second kappa shape index (κ2) is 10.6. The summed E-state index contributed by atoms with van der Waals surface area (Å²) in [6.45, 7) is 0. The maximum absolute atomic E-state index is 13.5. The molecule has 33 heavy (non-hydrogen) atoms. The zero-order valence-electron chi connectivity index (χ0n) is 17.4. The van der Waals surface area contributed by atoms with Crippen LogP contribution < -0.4 is 10.6 Å². The third kappa shape index (κ3) is 6.43. The Kier molecular flexibility index (Phi) is 7.41. The second-order valence-electron chi connectivity index (χ2n) is 7.23. The Morgan fingerprint density at radius 1 is 0.970 bits per heavy atom. The summed E-state index contributed by atoms with van der Waals surface area (Å²) in [4.78, 5) is 31.9. The monoisotopic (exact) mass is 526 g/mol. The Morgan fingerprint density at radius 2 is 1.73 bits per heavy atom. The fourth-order valence-electron chi connectivity index (χ4n) is 3.14. The number of benzene rings is 3. The summed E-state index contributed by atoms with van der Waals surface area (Å²) in [5, 5.41) is 5.68. The summed E-state index contributed by atoms with van der Waals surface area (Å²) in [6.07, 6.45) is 0.284. The highest BCUT2D eigenvalue weighted by molar-refractivity contribution is 9.10. The Bertz CT molecular complexity index is 1290. The molecular weight excluding hydrogens is 507 g/mol. The van der Waals surface area contributed by atoms with Gasteiger partial charge in [-0.15, -0.1) is 0 Å². The van der Waals surface area contributed by atoms with Gasteiger partial charge in [0.05, 0.1) is 16.8 Å². The summed E-state index contributed by atoms with van der Waals surface area (Å²) in [7, 11) is 0. The minimum atomic E-state index is -0.329. The molecule has 0 spiro atoms. The molecule has 0 saturated carbocycles. The average molecular weight is 527 g/mol. The van der Waals surface area contributed by atoms with Crippen molar-refractivity contribution >= 4 is 61.9 Å². The molecule has 0 radical (unpaired) electrons. The lowest BCUT2D eigenvalue weighted by molar-refractivity contribution is -0.116. The van der Waals surface area contributed by atoms with E-state index in [2.05, 4.69) is 36.5 Å². The summed E-state index contributed by atoms with van der Waals surface area (Å²) in [5.41, 5.74) is 3.49. The topological polar surface area (TPSA) is 86.9 Å². The van der Waals surface area contributed by atoms with Gasteiger partial charge >= 0.3 is 0 Å². The van der Waals surface area contributed by atoms with Crippen LogP contribution in [0, 0.1) is 5.82 Å². The van der Waals surface area contributed by atoms with E-state index in [-0.39, 0.29) is 29.8 Å². The summed E-state index contributed by atoms with van der Waals surface area (Å²) in [6, 6.07) is 18.9. The highest BCUT2D eigenvalue weighted by Crippen LogP contribution is 2.23. The summed E-state index contributed by atoms with van der Waals surface area (Å²) in [5.74, 6) is 0.777. The Labute approximate surface area is 202 Å². The molecule has 0 bridgehead atoms. The van der Waals surface area contributed by atoms with Crippen molar-refractivity contribution in [3.63, 3.8) is 0 Å². The number of carbonyl (C=O) groups excluding carboxylic acids is 2. The number of halogens is 2. The molecule has 0 aliphatic rings. The predicted molar refractivity (Wildman–Crippen MR) is 135 cm³/mol. The van der Waals surface area contributed by atoms with E-state index in [0.29, 0.717) is 22.8 Å². The lowest BCUT2D eigenvalue weighted by Crippen LogP contribution is -2.16. The highest BCUT2D eigenvalue weighted by atomic mass is 79.9. The summed E-state index contributed by atoms with van der Waals surface area (Å²) >= 11 is 4.75. The van der Waals surface area contributed by atoms with Crippen molar-refractivity contribution in [2.45, 2.75) is 6.42 Å². The van der Waals surface area contributed by atoms with E-state index in [0.717, 1.165) is 21.2 Å². The normalized spacial score (nSPS) is 10.8. The van der Waals surface area contributed by atoms with Crippen LogP contribution in [0.2, 0.25) is 0 Å². The van der Waals surface area contributed by atoms with Crippen molar-refractivity contribution in [2.75, 3.05) is 22.1 Å². The number of carbonyl (C=O) groups is 2. The average Bonchev–Trinajstić information content (AvgIpc) is 3.22. The Hall–Kier alpha value is -3.17. The van der Waals surface area contributed by atoms with Gasteiger partial charge in [-0.2, -0.15) is 11.8 Å². The molecule has 0 unspecified atom stereocenters. The lowest BCUT2D eigenvalue weighted by Gasteiger charge is -2.06. The molecule has 4 aromatic rings. The number of thioether (sulfide) groups is 1. The predicted octanol–water partition coefficient (Wildman–Crippen LogP) is 5.83. The number of fused-ring (bicyclic) bond motifs is 1. The minimum absolute atomic E-state index is 0.110. The first-order valence-corrected chi connectivity index (χ1v) is 12.1. The van der Waals surface area contributed by atoms with Crippen LogP contribution in [0.1, 0.15) is 6.42 Å². The number of imidazole rings is 1. The number of hydrogen-bond donors (Lipinski definition) is 3. The molecule has 0 saturated heterocycles. The van der Waals surface area contributed by atoms with Crippen LogP contribution >= 0.6 is 27.7 Å². The first-order valence-electron chi connectivity index (χ1n) is 10.1. The van der Waals surface area contributed by atoms with E-state index in [1.165, 1.54) is 23.9 Å². The molecule has 168 valence electrons. The molecule has 0 aliphatic heterocycles. The van der Waals surface area contributed by atoms with Crippen LogP contribution in [0.3, 0.4) is 0 Å². The number of H-pyrrole nitrogens is 1. The molecule has 4 rings (SSSR count). The smallest absolute Gasteiger partial charge is 0.234 e. The van der Waals surface area contributed by atoms with Gasteiger partial charge in [-0.1, -0.05) is 28.1 Å². The van der Waals surface area contributed by atoms with Crippen molar-refractivity contribution in [1.29, 1.82) is 0 Å². The number of nitrogens with zero attached hydrogens (tertiary/aromatic N) is 1. The van der Waals surface area contributed by atoms with Crippen LogP contribution in [0.15, 0.2) is 71.2 Å². The first-order chi connectivity index (χ1) is 16.0. The van der Waals surface area contributed by atoms with Crippen molar-refractivity contribution in [1.82, 2.24) is 9.97 Å². The molecule has 0 aliphatic carbocycles. The number of rotatable bonds is 8. The number of aromatic nitrogens is 2. The van der Waals surface area contributed by atoms with Crippen molar-refractivity contribution in [3.8, 4) is 11.4 Å². The van der Waals surface area contributed by atoms with E-state index in [9.17, 15) is 14.0 Å². The second-order valence-corrected chi connectivity index (χ2v) is 9.25. The molecule has 2 amide bonds. The quantitative estimate of drug-likeness (QED) is 0.252. The number of hydrogen-bond acceptors (Lipinski definition) is 4. The van der Waals surface area contributed by atoms with Crippen LogP contribution in [0.5, 0.6) is 0 Å². The fraction of sp³-hybridized carbons (Fsp3) is 0.125. The van der Waals surface area contributed by atoms with Crippen LogP contribution in [0.4, 0.5) is 15.8 Å². The molecule has 1 heterocycles. The zero-order valence-corrected chi connectivity index (χ0v) is 19.8. The van der Waals surface area contributed by atoms with E-state index in [4.69, 9.17) is 0 Å². The van der Waals surface area contributed by atoms with Crippen LogP contribution in [-0.2, 0) is 9.59 Å². The number of amides is 2. The van der Waals surface area contributed by atoms with E-state index >= 15 is 0 Å².